The van der Waals surface area contributed by atoms with Crippen LogP contribution in [-0.4, -0.2) is 0 Å². The Labute approximate surface area is 184 Å². The van der Waals surface area contributed by atoms with Crippen molar-refractivity contribution in [1.29, 1.82) is 0 Å². The van der Waals surface area contributed by atoms with E-state index in [-0.39, 0.29) is 10.8 Å². The fourth-order valence-electron chi connectivity index (χ4n) is 4.61. The molecule has 0 saturated heterocycles. The lowest BCUT2D eigenvalue weighted by Gasteiger charge is -2.16. The van der Waals surface area contributed by atoms with Gasteiger partial charge in [-0.3, -0.25) is 0 Å². The molecule has 0 aliphatic heterocycles. The van der Waals surface area contributed by atoms with E-state index in [9.17, 15) is 4.39 Å². The van der Waals surface area contributed by atoms with Crippen molar-refractivity contribution in [3.8, 4) is 0 Å². The van der Waals surface area contributed by atoms with Gasteiger partial charge in [-0.2, -0.15) is 0 Å². The van der Waals surface area contributed by atoms with Crippen LogP contribution in [0.3, 0.4) is 0 Å². The van der Waals surface area contributed by atoms with E-state index < -0.39 is 17.5 Å². The smallest absolute Gasteiger partial charge is 0.144 e. The molecule has 0 radical (unpaired) electrons. The van der Waals surface area contributed by atoms with Crippen molar-refractivity contribution in [3.05, 3.63) is 58.9 Å². The zero-order valence-corrected chi connectivity index (χ0v) is 19.0. The van der Waals surface area contributed by atoms with E-state index in [1.165, 1.54) is 31.7 Å². The van der Waals surface area contributed by atoms with Gasteiger partial charge < -0.3 is 0 Å². The lowest BCUT2D eigenvalue weighted by atomic mass is 9.91. The van der Waals surface area contributed by atoms with E-state index in [0.717, 1.165) is 50.5 Å². The Balaban J connectivity index is 1.99. The van der Waals surface area contributed by atoms with Gasteiger partial charge in [-0.15, -0.1) is 0 Å². The van der Waals surface area contributed by atoms with E-state index in [0.29, 0.717) is 22.8 Å². The van der Waals surface area contributed by atoms with Crippen LogP contribution in [0, 0.1) is 17.5 Å². The topological polar surface area (TPSA) is 0 Å². The number of aryl methyl sites for hydroxylation is 1. The van der Waals surface area contributed by atoms with Crippen molar-refractivity contribution in [3.63, 3.8) is 0 Å². The van der Waals surface area contributed by atoms with Gasteiger partial charge in [-0.1, -0.05) is 83.4 Å². The summed E-state index contributed by atoms with van der Waals surface area (Å²) in [6.45, 7) is 4.36. The van der Waals surface area contributed by atoms with Gasteiger partial charge in [0.05, 0.1) is 10.8 Å². The third-order valence-corrected chi connectivity index (χ3v) is 6.37. The number of benzene rings is 3. The van der Waals surface area contributed by atoms with E-state index in [4.69, 9.17) is 0 Å². The molecule has 0 saturated carbocycles. The molecule has 31 heavy (non-hydrogen) atoms. The maximum atomic E-state index is 15.7. The Hall–Kier alpha value is -2.03. The second kappa shape index (κ2) is 11.5. The summed E-state index contributed by atoms with van der Waals surface area (Å²) >= 11 is 0. The van der Waals surface area contributed by atoms with Crippen LogP contribution < -0.4 is 0 Å². The molecule has 0 aliphatic rings. The lowest BCUT2D eigenvalue weighted by Crippen LogP contribution is -2.03. The van der Waals surface area contributed by atoms with Gasteiger partial charge in [-0.05, 0) is 59.7 Å². The minimum Gasteiger partial charge on any atom is -0.206 e. The van der Waals surface area contributed by atoms with Crippen molar-refractivity contribution in [2.75, 3.05) is 0 Å². The molecule has 168 valence electrons. The fraction of sp³-hybridized carbons (Fsp3) is 0.500. The predicted octanol–water partition coefficient (Wildman–Crippen LogP) is 9.44. The number of hydrogen-bond donors (Lipinski definition) is 0. The minimum absolute atomic E-state index is 0.0594. The lowest BCUT2D eigenvalue weighted by molar-refractivity contribution is 0.576. The quantitative estimate of drug-likeness (QED) is 0.199. The van der Waals surface area contributed by atoms with Crippen molar-refractivity contribution in [2.45, 2.75) is 90.9 Å². The highest BCUT2D eigenvalue weighted by atomic mass is 19.1. The Morgan fingerprint density at radius 2 is 1.26 bits per heavy atom. The molecule has 0 fully saturated rings. The second-order valence-corrected chi connectivity index (χ2v) is 8.78. The predicted molar refractivity (Wildman–Crippen MR) is 126 cm³/mol. The van der Waals surface area contributed by atoms with Crippen molar-refractivity contribution < 1.29 is 13.2 Å². The van der Waals surface area contributed by atoms with Gasteiger partial charge in [0.25, 0.3) is 0 Å². The Kier molecular flexibility index (Phi) is 8.80. The molecule has 3 aromatic carbocycles. The molecule has 0 spiro atoms. The summed E-state index contributed by atoms with van der Waals surface area (Å²) in [5, 5.41) is 0.836. The third kappa shape index (κ3) is 5.61. The summed E-state index contributed by atoms with van der Waals surface area (Å²) < 4.78 is 45.3. The van der Waals surface area contributed by atoms with Gasteiger partial charge >= 0.3 is 0 Å². The molecule has 0 amide bonds. The SMILES string of the molecule is CCCCCCCc1cc2cc3cccc(F)c3c(F)c2c(F)c1CCCCCCC. The molecule has 3 rings (SSSR count). The monoisotopic (exact) mass is 428 g/mol. The number of halogens is 3. The number of rotatable bonds is 12. The first kappa shape index (κ1) is 23.6. The highest BCUT2D eigenvalue weighted by molar-refractivity contribution is 6.00. The summed E-state index contributed by atoms with van der Waals surface area (Å²) in [4.78, 5) is 0. The largest absolute Gasteiger partial charge is 0.206 e. The summed E-state index contributed by atoms with van der Waals surface area (Å²) in [6, 6.07) is 8.16. The zero-order chi connectivity index (χ0) is 22.2. The van der Waals surface area contributed by atoms with Gasteiger partial charge in [0.1, 0.15) is 17.5 Å². The molecular formula is C28H35F3. The molecule has 0 atom stereocenters. The first-order valence-corrected chi connectivity index (χ1v) is 12.1. The average molecular weight is 429 g/mol. The van der Waals surface area contributed by atoms with E-state index >= 15 is 8.78 Å². The molecule has 3 heteroatoms. The van der Waals surface area contributed by atoms with Gasteiger partial charge in [0.2, 0.25) is 0 Å². The third-order valence-electron chi connectivity index (χ3n) is 6.37. The molecule has 0 heterocycles. The Morgan fingerprint density at radius 3 is 1.94 bits per heavy atom. The van der Waals surface area contributed by atoms with Crippen LogP contribution >= 0.6 is 0 Å². The normalized spacial score (nSPS) is 11.6. The maximum Gasteiger partial charge on any atom is 0.144 e. The number of unbranched alkanes of at least 4 members (excludes halogenated alkanes) is 8. The van der Waals surface area contributed by atoms with Gasteiger partial charge in [-0.25, -0.2) is 13.2 Å². The highest BCUT2D eigenvalue weighted by Crippen LogP contribution is 2.34. The molecule has 3 aromatic rings. The standard InChI is InChI=1S/C28H35F3/c1-3-5-7-9-11-14-20-18-22-19-21-15-13-17-24(29)25(21)28(31)26(22)27(30)23(20)16-12-10-8-6-4-2/h13,15,17-19H,3-12,14,16H2,1-2H3. The maximum absolute atomic E-state index is 15.7. The van der Waals surface area contributed by atoms with Gasteiger partial charge in [0.15, 0.2) is 0 Å². The van der Waals surface area contributed by atoms with E-state index in [1.54, 1.807) is 18.2 Å². The molecule has 0 aromatic heterocycles. The summed E-state index contributed by atoms with van der Waals surface area (Å²) in [7, 11) is 0. The van der Waals surface area contributed by atoms with Crippen LogP contribution in [0.25, 0.3) is 21.5 Å². The molecular weight excluding hydrogens is 393 g/mol. The van der Waals surface area contributed by atoms with Crippen molar-refractivity contribution in [1.82, 2.24) is 0 Å². The van der Waals surface area contributed by atoms with Crippen molar-refractivity contribution >= 4 is 21.5 Å². The number of hydrogen-bond acceptors (Lipinski definition) is 0. The molecule has 0 aliphatic carbocycles. The first-order chi connectivity index (χ1) is 15.1. The second-order valence-electron chi connectivity index (χ2n) is 8.78. The van der Waals surface area contributed by atoms with Crippen LogP contribution in [-0.2, 0) is 12.8 Å². The fourth-order valence-corrected chi connectivity index (χ4v) is 4.61. The summed E-state index contributed by atoms with van der Waals surface area (Å²) in [5.41, 5.74) is 1.63. The van der Waals surface area contributed by atoms with Crippen LogP contribution in [0.1, 0.15) is 89.2 Å². The summed E-state index contributed by atoms with van der Waals surface area (Å²) in [6.07, 6.45) is 12.6. The minimum atomic E-state index is -0.773. The van der Waals surface area contributed by atoms with Crippen LogP contribution in [0.2, 0.25) is 0 Å². The zero-order valence-electron chi connectivity index (χ0n) is 19.0. The summed E-state index contributed by atoms with van der Waals surface area (Å²) in [5.74, 6) is -1.90. The molecule has 0 N–H and O–H groups in total. The average Bonchev–Trinajstić information content (AvgIpc) is 2.75. The van der Waals surface area contributed by atoms with Gasteiger partial charge in [0, 0.05) is 0 Å². The molecule has 0 unspecified atom stereocenters. The van der Waals surface area contributed by atoms with E-state index in [2.05, 4.69) is 13.8 Å². The Morgan fingerprint density at radius 1 is 0.613 bits per heavy atom. The Bertz CT molecular complexity index is 1010. The number of fused-ring (bicyclic) bond motifs is 2. The van der Waals surface area contributed by atoms with E-state index in [1.807, 2.05) is 6.07 Å². The first-order valence-electron chi connectivity index (χ1n) is 12.1. The van der Waals surface area contributed by atoms with Crippen LogP contribution in [0.15, 0.2) is 30.3 Å². The molecule has 0 nitrogen and oxygen atoms in total. The molecule has 0 bridgehead atoms. The van der Waals surface area contributed by atoms with Crippen molar-refractivity contribution in [2.24, 2.45) is 0 Å². The van der Waals surface area contributed by atoms with Crippen LogP contribution in [0.4, 0.5) is 13.2 Å². The van der Waals surface area contributed by atoms with Crippen LogP contribution in [0.5, 0.6) is 0 Å². The highest BCUT2D eigenvalue weighted by Gasteiger charge is 2.19.